The maximum atomic E-state index is 7.30. The molecule has 0 saturated carbocycles. The molecule has 2 heterocycles. The third kappa shape index (κ3) is 2.59. The van der Waals surface area contributed by atoms with Crippen LogP contribution < -0.4 is 5.73 Å². The number of rotatable bonds is 3. The van der Waals surface area contributed by atoms with Gasteiger partial charge in [-0.2, -0.15) is 0 Å². The molecule has 3 N–H and O–H groups in total. The van der Waals surface area contributed by atoms with Crippen LogP contribution in [-0.2, 0) is 0 Å². The van der Waals surface area contributed by atoms with E-state index in [0.717, 1.165) is 14.8 Å². The van der Waals surface area contributed by atoms with Crippen molar-refractivity contribution in [3.05, 3.63) is 48.3 Å². The van der Waals surface area contributed by atoms with Crippen molar-refractivity contribution >= 4 is 39.2 Å². The molecule has 0 bridgehead atoms. The Labute approximate surface area is 118 Å². The van der Waals surface area contributed by atoms with Gasteiger partial charge in [0.05, 0.1) is 10.2 Å². The summed E-state index contributed by atoms with van der Waals surface area (Å²) >= 11 is 3.23. The summed E-state index contributed by atoms with van der Waals surface area (Å²) in [5, 5.41) is 7.30. The highest BCUT2D eigenvalue weighted by Gasteiger charge is 2.06. The maximum Gasteiger partial charge on any atom is 0.155 e. The molecule has 0 radical (unpaired) electrons. The van der Waals surface area contributed by atoms with Gasteiger partial charge in [0, 0.05) is 11.1 Å². The van der Waals surface area contributed by atoms with Crippen molar-refractivity contribution in [2.24, 2.45) is 5.73 Å². The Hall–Kier alpha value is -1.92. The molecule has 4 nitrogen and oxygen atoms in total. The largest absolute Gasteiger partial charge is 0.382 e. The predicted octanol–water partition coefficient (Wildman–Crippen LogP) is 3.13. The van der Waals surface area contributed by atoms with Crippen LogP contribution in [0.4, 0.5) is 0 Å². The lowest BCUT2D eigenvalue weighted by molar-refractivity contribution is 1.19. The van der Waals surface area contributed by atoms with Gasteiger partial charge in [-0.1, -0.05) is 23.9 Å². The van der Waals surface area contributed by atoms with E-state index in [1.54, 1.807) is 35.4 Å². The monoisotopic (exact) mass is 286 g/mol. The molecule has 0 unspecified atom stereocenters. The number of para-hydroxylation sites is 1. The van der Waals surface area contributed by atoms with Crippen LogP contribution in [0.15, 0.2) is 51.8 Å². The predicted molar refractivity (Wildman–Crippen MR) is 79.0 cm³/mol. The van der Waals surface area contributed by atoms with Gasteiger partial charge in [-0.15, -0.1) is 11.3 Å². The van der Waals surface area contributed by atoms with Gasteiger partial charge in [-0.25, -0.2) is 4.98 Å². The summed E-state index contributed by atoms with van der Waals surface area (Å²) in [6.45, 7) is 0. The molecule has 0 fully saturated rings. The maximum absolute atomic E-state index is 7.30. The average Bonchev–Trinajstić information content (AvgIpc) is 2.81. The van der Waals surface area contributed by atoms with Crippen molar-refractivity contribution < 1.29 is 0 Å². The molecule has 0 atom stereocenters. The minimum atomic E-state index is -0.0171. The lowest BCUT2D eigenvalue weighted by Gasteiger charge is -1.99. The van der Waals surface area contributed by atoms with E-state index < -0.39 is 0 Å². The Morgan fingerprint density at radius 3 is 2.74 bits per heavy atom. The second-order valence-corrected chi connectivity index (χ2v) is 6.19. The Kier molecular flexibility index (Phi) is 3.18. The highest BCUT2D eigenvalue weighted by molar-refractivity contribution is 8.01. The summed E-state index contributed by atoms with van der Waals surface area (Å²) in [6.07, 6.45) is 1.72. The molecule has 19 heavy (non-hydrogen) atoms. The summed E-state index contributed by atoms with van der Waals surface area (Å²) in [5.41, 5.74) is 6.88. The molecule has 3 rings (SSSR count). The third-order valence-electron chi connectivity index (χ3n) is 2.49. The number of hydrogen-bond donors (Lipinski definition) is 2. The fraction of sp³-hybridized carbons (Fsp3) is 0. The first kappa shape index (κ1) is 12.1. The van der Waals surface area contributed by atoms with Gasteiger partial charge in [0.2, 0.25) is 0 Å². The zero-order chi connectivity index (χ0) is 13.2. The van der Waals surface area contributed by atoms with Crippen LogP contribution in [0, 0.1) is 5.41 Å². The second kappa shape index (κ2) is 4.99. The van der Waals surface area contributed by atoms with Gasteiger partial charge in [-0.3, -0.25) is 10.4 Å². The summed E-state index contributed by atoms with van der Waals surface area (Å²) in [6, 6.07) is 11.7. The zero-order valence-electron chi connectivity index (χ0n) is 9.83. The first-order chi connectivity index (χ1) is 9.22. The number of thiazole rings is 1. The number of nitrogens with zero attached hydrogens (tertiary/aromatic N) is 2. The summed E-state index contributed by atoms with van der Waals surface area (Å²) < 4.78 is 2.16. The Balaban J connectivity index is 1.86. The third-order valence-corrected chi connectivity index (χ3v) is 4.57. The first-order valence-corrected chi connectivity index (χ1v) is 7.19. The van der Waals surface area contributed by atoms with Gasteiger partial charge in [0.1, 0.15) is 11.5 Å². The van der Waals surface area contributed by atoms with Crippen molar-refractivity contribution in [1.82, 2.24) is 9.97 Å². The van der Waals surface area contributed by atoms with Gasteiger partial charge < -0.3 is 5.73 Å². The molecule has 1 aromatic carbocycles. The van der Waals surface area contributed by atoms with Gasteiger partial charge in [-0.05, 0) is 24.3 Å². The van der Waals surface area contributed by atoms with Crippen LogP contribution in [0.2, 0.25) is 0 Å². The quantitative estimate of drug-likeness (QED) is 0.573. The van der Waals surface area contributed by atoms with Crippen LogP contribution in [0.5, 0.6) is 0 Å². The molecular formula is C13H10N4S2. The van der Waals surface area contributed by atoms with E-state index in [0.29, 0.717) is 5.69 Å². The number of hydrogen-bond acceptors (Lipinski definition) is 5. The highest BCUT2D eigenvalue weighted by Crippen LogP contribution is 2.33. The smallest absolute Gasteiger partial charge is 0.155 e. The standard InChI is InChI=1S/C13H10N4S2/c14-12(15)10-6-5-8(7-16-10)18-13-17-9-3-1-2-4-11(9)19-13/h1-7H,(H3,14,15). The van der Waals surface area contributed by atoms with Crippen molar-refractivity contribution in [2.75, 3.05) is 0 Å². The minimum Gasteiger partial charge on any atom is -0.382 e. The molecule has 94 valence electrons. The molecular weight excluding hydrogens is 276 g/mol. The molecule has 0 saturated heterocycles. The highest BCUT2D eigenvalue weighted by atomic mass is 32.2. The Bertz CT molecular complexity index is 701. The number of nitrogen functional groups attached to an aromatic ring is 1. The van der Waals surface area contributed by atoms with Crippen molar-refractivity contribution in [2.45, 2.75) is 9.24 Å². The average molecular weight is 286 g/mol. The summed E-state index contributed by atoms with van der Waals surface area (Å²) in [5.74, 6) is -0.0171. The fourth-order valence-electron chi connectivity index (χ4n) is 1.60. The van der Waals surface area contributed by atoms with E-state index in [1.165, 1.54) is 4.70 Å². The molecule has 3 aromatic rings. The Morgan fingerprint density at radius 2 is 2.05 bits per heavy atom. The Morgan fingerprint density at radius 1 is 1.21 bits per heavy atom. The van der Waals surface area contributed by atoms with E-state index in [-0.39, 0.29) is 5.84 Å². The molecule has 0 aliphatic carbocycles. The molecule has 6 heteroatoms. The molecule has 0 amide bonds. The number of pyridine rings is 1. The van der Waals surface area contributed by atoms with Crippen LogP contribution in [0.25, 0.3) is 10.2 Å². The van der Waals surface area contributed by atoms with Gasteiger partial charge in [0.25, 0.3) is 0 Å². The van der Waals surface area contributed by atoms with Gasteiger partial charge in [0.15, 0.2) is 4.34 Å². The summed E-state index contributed by atoms with van der Waals surface area (Å²) in [7, 11) is 0. The lowest BCUT2D eigenvalue weighted by atomic mass is 10.3. The number of nitrogens with two attached hydrogens (primary N) is 1. The topological polar surface area (TPSA) is 75.7 Å². The van der Waals surface area contributed by atoms with E-state index in [4.69, 9.17) is 11.1 Å². The van der Waals surface area contributed by atoms with Crippen LogP contribution in [0.1, 0.15) is 5.69 Å². The SMILES string of the molecule is N=C(N)c1ccc(Sc2nc3ccccc3s2)cn1. The number of amidine groups is 1. The zero-order valence-corrected chi connectivity index (χ0v) is 11.5. The van der Waals surface area contributed by atoms with Crippen molar-refractivity contribution in [3.8, 4) is 0 Å². The molecule has 0 spiro atoms. The normalized spacial score (nSPS) is 10.7. The number of aromatic nitrogens is 2. The molecule has 2 aromatic heterocycles. The van der Waals surface area contributed by atoms with E-state index in [1.807, 2.05) is 24.3 Å². The summed E-state index contributed by atoms with van der Waals surface area (Å²) in [4.78, 5) is 9.68. The molecule has 0 aliphatic rings. The van der Waals surface area contributed by atoms with Crippen molar-refractivity contribution in [1.29, 1.82) is 5.41 Å². The number of benzene rings is 1. The number of fused-ring (bicyclic) bond motifs is 1. The lowest BCUT2D eigenvalue weighted by Crippen LogP contribution is -2.12. The van der Waals surface area contributed by atoms with Crippen LogP contribution in [-0.4, -0.2) is 15.8 Å². The minimum absolute atomic E-state index is 0.0171. The van der Waals surface area contributed by atoms with Gasteiger partial charge >= 0.3 is 0 Å². The fourth-order valence-corrected chi connectivity index (χ4v) is 3.60. The van der Waals surface area contributed by atoms with Crippen LogP contribution in [0.3, 0.4) is 0 Å². The number of nitrogens with one attached hydrogen (secondary N) is 1. The van der Waals surface area contributed by atoms with E-state index in [9.17, 15) is 0 Å². The van der Waals surface area contributed by atoms with E-state index in [2.05, 4.69) is 16.0 Å². The van der Waals surface area contributed by atoms with E-state index >= 15 is 0 Å². The first-order valence-electron chi connectivity index (χ1n) is 5.56. The van der Waals surface area contributed by atoms with Crippen LogP contribution >= 0.6 is 23.1 Å². The van der Waals surface area contributed by atoms with Crippen molar-refractivity contribution in [3.63, 3.8) is 0 Å². The second-order valence-electron chi connectivity index (χ2n) is 3.84. The molecule has 0 aliphatic heterocycles.